The van der Waals surface area contributed by atoms with Gasteiger partial charge in [-0.05, 0) is 42.2 Å². The van der Waals surface area contributed by atoms with Crippen LogP contribution < -0.4 is 14.4 Å². The number of methoxy groups -OCH3 is 1. The van der Waals surface area contributed by atoms with Crippen LogP contribution in [0.15, 0.2) is 42.5 Å². The molecule has 1 amide bonds. The second kappa shape index (κ2) is 9.63. The van der Waals surface area contributed by atoms with Gasteiger partial charge >= 0.3 is 0 Å². The zero-order valence-corrected chi connectivity index (χ0v) is 16.4. The first-order valence-corrected chi connectivity index (χ1v) is 9.03. The van der Waals surface area contributed by atoms with E-state index >= 15 is 0 Å². The molecule has 0 fully saturated rings. The van der Waals surface area contributed by atoms with Crippen LogP contribution in [0.5, 0.6) is 11.5 Å². The van der Waals surface area contributed by atoms with E-state index in [9.17, 15) is 4.79 Å². The number of rotatable bonds is 8. The van der Waals surface area contributed by atoms with Crippen LogP contribution in [-0.4, -0.2) is 26.7 Å². The minimum Gasteiger partial charge on any atom is -0.493 e. The van der Waals surface area contributed by atoms with E-state index in [1.807, 2.05) is 12.1 Å². The quantitative estimate of drug-likeness (QED) is 0.645. The number of hydrogen-bond acceptors (Lipinski definition) is 4. The molecule has 5 nitrogen and oxygen atoms in total. The van der Waals surface area contributed by atoms with Gasteiger partial charge in [-0.3, -0.25) is 4.79 Å². The van der Waals surface area contributed by atoms with Gasteiger partial charge in [0.15, 0.2) is 11.5 Å². The molecule has 0 aliphatic rings. The maximum absolute atomic E-state index is 12.5. The summed E-state index contributed by atoms with van der Waals surface area (Å²) in [4.78, 5) is 14.1. The number of carbonyl (C=O) groups is 1. The molecule has 0 saturated carbocycles. The predicted octanol–water partition coefficient (Wildman–Crippen LogP) is 4.51. The van der Waals surface area contributed by atoms with Gasteiger partial charge in [-0.15, -0.1) is 0 Å². The van der Waals surface area contributed by atoms with E-state index in [1.165, 1.54) is 12.7 Å². The molecule has 0 saturated heterocycles. The van der Waals surface area contributed by atoms with Gasteiger partial charge in [-0.25, -0.2) is 0 Å². The molecular weight excluding hydrogens is 340 g/mol. The number of benzene rings is 2. The van der Waals surface area contributed by atoms with Gasteiger partial charge in [0.2, 0.25) is 5.91 Å². The summed E-state index contributed by atoms with van der Waals surface area (Å²) >= 11 is 0. The van der Waals surface area contributed by atoms with Crippen molar-refractivity contribution in [3.05, 3.63) is 53.6 Å². The largest absolute Gasteiger partial charge is 0.493 e. The molecule has 0 aliphatic heterocycles. The summed E-state index contributed by atoms with van der Waals surface area (Å²) in [5.74, 6) is 1.56. The highest BCUT2D eigenvalue weighted by Gasteiger charge is 2.12. The van der Waals surface area contributed by atoms with E-state index in [0.29, 0.717) is 42.4 Å². The Bertz CT molecular complexity index is 825. The molecule has 5 heteroatoms. The van der Waals surface area contributed by atoms with Gasteiger partial charge in [0, 0.05) is 25.2 Å². The van der Waals surface area contributed by atoms with E-state index in [-0.39, 0.29) is 5.91 Å². The number of nitrogens with zero attached hydrogens (tertiary/aromatic N) is 2. The second-order valence-electron chi connectivity index (χ2n) is 6.63. The molecule has 2 aromatic rings. The van der Waals surface area contributed by atoms with E-state index in [1.54, 1.807) is 30.1 Å². The normalized spacial score (nSPS) is 10.4. The topological polar surface area (TPSA) is 62.6 Å². The maximum Gasteiger partial charge on any atom is 0.226 e. The second-order valence-corrected chi connectivity index (χ2v) is 6.63. The highest BCUT2D eigenvalue weighted by atomic mass is 16.5. The van der Waals surface area contributed by atoms with Gasteiger partial charge in [-0.2, -0.15) is 5.26 Å². The minimum atomic E-state index is 0.0475. The van der Waals surface area contributed by atoms with Crippen LogP contribution in [0.4, 0.5) is 5.69 Å². The van der Waals surface area contributed by atoms with Crippen molar-refractivity contribution in [2.75, 3.05) is 25.7 Å². The summed E-state index contributed by atoms with van der Waals surface area (Å²) in [6, 6.07) is 15.1. The van der Waals surface area contributed by atoms with E-state index in [0.717, 1.165) is 5.69 Å². The molecule has 142 valence electrons. The summed E-state index contributed by atoms with van der Waals surface area (Å²) in [5, 5.41) is 8.93. The zero-order valence-electron chi connectivity index (χ0n) is 16.4. The SMILES string of the molecule is COc1cc(C#N)ccc1OCCCC(=O)N(C)c1cccc(C(C)C)c1. The first-order valence-electron chi connectivity index (χ1n) is 9.03. The van der Waals surface area contributed by atoms with Crippen molar-refractivity contribution < 1.29 is 14.3 Å². The third kappa shape index (κ3) is 5.49. The average molecular weight is 366 g/mol. The van der Waals surface area contributed by atoms with Crippen LogP contribution in [0.1, 0.15) is 43.7 Å². The van der Waals surface area contributed by atoms with E-state index in [4.69, 9.17) is 14.7 Å². The Morgan fingerprint density at radius 3 is 2.63 bits per heavy atom. The third-order valence-corrected chi connectivity index (χ3v) is 4.38. The van der Waals surface area contributed by atoms with Crippen LogP contribution in [0.3, 0.4) is 0 Å². The van der Waals surface area contributed by atoms with Crippen LogP contribution in [-0.2, 0) is 4.79 Å². The average Bonchev–Trinajstić information content (AvgIpc) is 2.70. The molecule has 0 heterocycles. The standard InChI is InChI=1S/C22H26N2O3/c1-16(2)18-7-5-8-19(14-18)24(3)22(25)9-6-12-27-20-11-10-17(15-23)13-21(20)26-4/h5,7-8,10-11,13-14,16H,6,9,12H2,1-4H3. The Labute approximate surface area is 161 Å². The van der Waals surface area contributed by atoms with Crippen molar-refractivity contribution in [2.45, 2.75) is 32.6 Å². The molecule has 0 aliphatic carbocycles. The van der Waals surface area contributed by atoms with Crippen molar-refractivity contribution in [3.8, 4) is 17.6 Å². The molecule has 0 radical (unpaired) electrons. The smallest absolute Gasteiger partial charge is 0.226 e. The molecule has 0 N–H and O–H groups in total. The molecule has 0 atom stereocenters. The van der Waals surface area contributed by atoms with Crippen molar-refractivity contribution in [3.63, 3.8) is 0 Å². The Kier molecular flexibility index (Phi) is 7.25. The molecule has 0 unspecified atom stereocenters. The summed E-state index contributed by atoms with van der Waals surface area (Å²) < 4.78 is 11.0. The van der Waals surface area contributed by atoms with Crippen LogP contribution in [0.25, 0.3) is 0 Å². The monoisotopic (exact) mass is 366 g/mol. The van der Waals surface area contributed by atoms with Crippen molar-refractivity contribution in [2.24, 2.45) is 0 Å². The molecule has 0 bridgehead atoms. The summed E-state index contributed by atoms with van der Waals surface area (Å²) in [7, 11) is 3.33. The van der Waals surface area contributed by atoms with Crippen molar-refractivity contribution in [1.29, 1.82) is 5.26 Å². The lowest BCUT2D eigenvalue weighted by Crippen LogP contribution is -2.26. The van der Waals surface area contributed by atoms with Crippen LogP contribution in [0, 0.1) is 11.3 Å². The van der Waals surface area contributed by atoms with Gasteiger partial charge in [0.1, 0.15) is 0 Å². The first kappa shape index (κ1) is 20.3. The molecule has 2 rings (SSSR count). The highest BCUT2D eigenvalue weighted by molar-refractivity contribution is 5.92. The van der Waals surface area contributed by atoms with Crippen molar-refractivity contribution >= 4 is 11.6 Å². The molecule has 2 aromatic carbocycles. The van der Waals surface area contributed by atoms with Crippen molar-refractivity contribution in [1.82, 2.24) is 0 Å². The number of hydrogen-bond donors (Lipinski definition) is 0. The fourth-order valence-electron chi connectivity index (χ4n) is 2.67. The molecule has 27 heavy (non-hydrogen) atoms. The van der Waals surface area contributed by atoms with E-state index < -0.39 is 0 Å². The number of nitriles is 1. The Morgan fingerprint density at radius 1 is 1.19 bits per heavy atom. The zero-order chi connectivity index (χ0) is 19.8. The lowest BCUT2D eigenvalue weighted by molar-refractivity contribution is -0.118. The maximum atomic E-state index is 12.5. The Balaban J connectivity index is 1.87. The van der Waals surface area contributed by atoms with Gasteiger partial charge < -0.3 is 14.4 Å². The van der Waals surface area contributed by atoms with Gasteiger partial charge in [0.25, 0.3) is 0 Å². The van der Waals surface area contributed by atoms with Crippen LogP contribution >= 0.6 is 0 Å². The fraction of sp³-hybridized carbons (Fsp3) is 0.364. The summed E-state index contributed by atoms with van der Waals surface area (Å²) in [5.41, 5.74) is 2.63. The third-order valence-electron chi connectivity index (χ3n) is 4.38. The number of amides is 1. The lowest BCUT2D eigenvalue weighted by atomic mass is 10.0. The number of anilines is 1. The predicted molar refractivity (Wildman–Crippen MR) is 106 cm³/mol. The Morgan fingerprint density at radius 2 is 1.96 bits per heavy atom. The summed E-state index contributed by atoms with van der Waals surface area (Å²) in [6.07, 6.45) is 0.983. The van der Waals surface area contributed by atoms with Gasteiger partial charge in [-0.1, -0.05) is 26.0 Å². The van der Waals surface area contributed by atoms with E-state index in [2.05, 4.69) is 32.0 Å². The number of carbonyl (C=O) groups excluding carboxylic acids is 1. The Hall–Kier alpha value is -3.00. The highest BCUT2D eigenvalue weighted by Crippen LogP contribution is 2.28. The lowest BCUT2D eigenvalue weighted by Gasteiger charge is -2.19. The summed E-state index contributed by atoms with van der Waals surface area (Å²) in [6.45, 7) is 4.67. The fourth-order valence-corrected chi connectivity index (χ4v) is 2.67. The number of ether oxygens (including phenoxy) is 2. The molecule has 0 aromatic heterocycles. The minimum absolute atomic E-state index is 0.0475. The van der Waals surface area contributed by atoms with Crippen LogP contribution in [0.2, 0.25) is 0 Å². The first-order chi connectivity index (χ1) is 13.0. The van der Waals surface area contributed by atoms with Gasteiger partial charge in [0.05, 0.1) is 25.3 Å². The molecular formula is C22H26N2O3. The molecule has 0 spiro atoms.